The number of amides is 2. The summed E-state index contributed by atoms with van der Waals surface area (Å²) in [5.41, 5.74) is 4.60. The third-order valence-electron chi connectivity index (χ3n) is 4.06. The van der Waals surface area contributed by atoms with Crippen molar-refractivity contribution in [1.29, 1.82) is 0 Å². The van der Waals surface area contributed by atoms with Gasteiger partial charge >= 0.3 is 5.97 Å². The summed E-state index contributed by atoms with van der Waals surface area (Å²) < 4.78 is 4.75. The van der Waals surface area contributed by atoms with Crippen LogP contribution < -0.4 is 10.7 Å². The molecule has 2 amide bonds. The molecule has 3 rings (SSSR count). The van der Waals surface area contributed by atoms with E-state index in [1.807, 2.05) is 0 Å². The van der Waals surface area contributed by atoms with Gasteiger partial charge < -0.3 is 20.1 Å². The second-order valence-corrected chi connectivity index (χ2v) is 5.77. The van der Waals surface area contributed by atoms with E-state index in [4.69, 9.17) is 9.84 Å². The summed E-state index contributed by atoms with van der Waals surface area (Å²) >= 11 is 0. The number of carbonyl (C=O) groups is 3. The first-order valence-corrected chi connectivity index (χ1v) is 7.98. The fraction of sp³-hybridized carbons (Fsp3) is 0.294. The third-order valence-corrected chi connectivity index (χ3v) is 4.06. The molecule has 2 heterocycles. The molecule has 3 N–H and O–H groups in total. The first-order valence-electron chi connectivity index (χ1n) is 7.98. The van der Waals surface area contributed by atoms with Crippen molar-refractivity contribution < 1.29 is 24.2 Å². The highest BCUT2D eigenvalue weighted by Gasteiger charge is 2.34. The maximum absolute atomic E-state index is 12.5. The molecular formula is C17H18N4O5. The fourth-order valence-electron chi connectivity index (χ4n) is 2.80. The van der Waals surface area contributed by atoms with E-state index in [0.717, 1.165) is 5.56 Å². The minimum Gasteiger partial charge on any atom is -0.466 e. The highest BCUT2D eigenvalue weighted by molar-refractivity contribution is 6.14. The van der Waals surface area contributed by atoms with Crippen molar-refractivity contribution in [2.75, 3.05) is 32.1 Å². The molecule has 1 aromatic carbocycles. The number of benzene rings is 1. The number of nitrogens with zero attached hydrogens (tertiary/aromatic N) is 2. The average molecular weight is 358 g/mol. The van der Waals surface area contributed by atoms with E-state index in [-0.39, 0.29) is 49.2 Å². The number of esters is 1. The lowest BCUT2D eigenvalue weighted by Crippen LogP contribution is -2.31. The summed E-state index contributed by atoms with van der Waals surface area (Å²) in [6, 6.07) is 7.03. The molecule has 0 radical (unpaired) electrons. The number of rotatable bonds is 6. The third kappa shape index (κ3) is 3.42. The molecule has 26 heavy (non-hydrogen) atoms. The van der Waals surface area contributed by atoms with Crippen molar-refractivity contribution in [3.63, 3.8) is 0 Å². The van der Waals surface area contributed by atoms with Crippen LogP contribution in [0, 0.1) is 0 Å². The van der Waals surface area contributed by atoms with Gasteiger partial charge in [-0.15, -0.1) is 0 Å². The molecule has 0 saturated heterocycles. The number of hydrazone groups is 1. The normalized spacial score (nSPS) is 16.7. The van der Waals surface area contributed by atoms with Crippen LogP contribution in [0.2, 0.25) is 0 Å². The Kier molecular flexibility index (Phi) is 4.99. The molecule has 0 bridgehead atoms. The van der Waals surface area contributed by atoms with Gasteiger partial charge in [0.05, 0.1) is 38.0 Å². The summed E-state index contributed by atoms with van der Waals surface area (Å²) in [6.45, 7) is -0.0157. The molecule has 9 nitrogen and oxygen atoms in total. The van der Waals surface area contributed by atoms with Gasteiger partial charge in [-0.1, -0.05) is 12.1 Å². The Morgan fingerprint density at radius 2 is 2.23 bits per heavy atom. The minimum atomic E-state index is -0.604. The molecule has 0 fully saturated rings. The van der Waals surface area contributed by atoms with Gasteiger partial charge in [0.1, 0.15) is 5.70 Å². The quantitative estimate of drug-likeness (QED) is 0.594. The molecule has 136 valence electrons. The number of ether oxygens (including phenoxy) is 1. The maximum Gasteiger partial charge on any atom is 0.337 e. The lowest BCUT2D eigenvalue weighted by atomic mass is 10.1. The fourth-order valence-corrected chi connectivity index (χ4v) is 2.80. The second kappa shape index (κ2) is 7.36. The zero-order valence-electron chi connectivity index (χ0n) is 14.1. The van der Waals surface area contributed by atoms with E-state index >= 15 is 0 Å². The van der Waals surface area contributed by atoms with Crippen LogP contribution in [-0.4, -0.2) is 60.3 Å². The second-order valence-electron chi connectivity index (χ2n) is 5.77. The summed E-state index contributed by atoms with van der Waals surface area (Å²) in [6.07, 6.45) is 0.183. The van der Waals surface area contributed by atoms with Gasteiger partial charge in [0, 0.05) is 17.8 Å². The zero-order valence-corrected chi connectivity index (χ0v) is 14.1. The van der Waals surface area contributed by atoms with Gasteiger partial charge in [0.15, 0.2) is 0 Å². The number of hydrogen-bond acceptors (Lipinski definition) is 7. The summed E-state index contributed by atoms with van der Waals surface area (Å²) in [7, 11) is 1.25. The molecule has 2 aliphatic heterocycles. The highest BCUT2D eigenvalue weighted by atomic mass is 16.5. The standard InChI is InChI=1S/C17H18N4O5/c1-26-17(25)12-9-21(5-6-22)16(24)15(12)18-11-4-2-3-10(7-11)13-8-14(23)20-19-13/h2-4,7,18,22H,5-6,8-9H2,1H3,(H,20,23). The van der Waals surface area contributed by atoms with Crippen LogP contribution in [0.15, 0.2) is 40.6 Å². The number of hydrogen-bond donors (Lipinski definition) is 3. The molecular weight excluding hydrogens is 340 g/mol. The van der Waals surface area contributed by atoms with Crippen molar-refractivity contribution in [2.45, 2.75) is 6.42 Å². The Bertz CT molecular complexity index is 830. The summed E-state index contributed by atoms with van der Waals surface area (Å²) in [5, 5.41) is 16.0. The average Bonchev–Trinajstić information content (AvgIpc) is 3.20. The lowest BCUT2D eigenvalue weighted by molar-refractivity contribution is -0.136. The number of aliphatic hydroxyl groups excluding tert-OH is 1. The topological polar surface area (TPSA) is 120 Å². The van der Waals surface area contributed by atoms with E-state index < -0.39 is 5.97 Å². The van der Waals surface area contributed by atoms with Crippen LogP contribution in [0.25, 0.3) is 0 Å². The molecule has 2 aliphatic rings. The van der Waals surface area contributed by atoms with Crippen molar-refractivity contribution >= 4 is 29.2 Å². The smallest absolute Gasteiger partial charge is 0.337 e. The molecule has 0 atom stereocenters. The number of methoxy groups -OCH3 is 1. The molecule has 0 aliphatic carbocycles. The largest absolute Gasteiger partial charge is 0.466 e. The van der Waals surface area contributed by atoms with Gasteiger partial charge in [-0.25, -0.2) is 10.2 Å². The Morgan fingerprint density at radius 3 is 2.88 bits per heavy atom. The SMILES string of the molecule is COC(=O)C1=C(Nc2cccc(C3=NNC(=O)C3)c2)C(=O)N(CCO)C1. The molecule has 9 heteroatoms. The summed E-state index contributed by atoms with van der Waals surface area (Å²) in [5.74, 6) is -1.17. The zero-order chi connectivity index (χ0) is 18.7. The maximum atomic E-state index is 12.5. The Morgan fingerprint density at radius 1 is 1.42 bits per heavy atom. The monoisotopic (exact) mass is 358 g/mol. The van der Waals surface area contributed by atoms with Gasteiger partial charge in [0.25, 0.3) is 5.91 Å². The van der Waals surface area contributed by atoms with Crippen molar-refractivity contribution in [3.8, 4) is 0 Å². The van der Waals surface area contributed by atoms with E-state index in [1.165, 1.54) is 12.0 Å². The molecule has 0 saturated carbocycles. The number of carbonyl (C=O) groups excluding carboxylic acids is 3. The van der Waals surface area contributed by atoms with Crippen molar-refractivity contribution in [2.24, 2.45) is 5.10 Å². The van der Waals surface area contributed by atoms with Crippen LogP contribution in [-0.2, 0) is 19.1 Å². The van der Waals surface area contributed by atoms with Gasteiger partial charge in [-0.05, 0) is 12.1 Å². The highest BCUT2D eigenvalue weighted by Crippen LogP contribution is 2.23. The van der Waals surface area contributed by atoms with E-state index in [1.54, 1.807) is 24.3 Å². The number of anilines is 1. The predicted molar refractivity (Wildman–Crippen MR) is 92.1 cm³/mol. The summed E-state index contributed by atoms with van der Waals surface area (Å²) in [4.78, 5) is 37.2. The van der Waals surface area contributed by atoms with Crippen molar-refractivity contribution in [3.05, 3.63) is 41.1 Å². The van der Waals surface area contributed by atoms with Crippen LogP contribution in [0.1, 0.15) is 12.0 Å². The number of nitrogens with one attached hydrogen (secondary N) is 2. The molecule has 0 spiro atoms. The van der Waals surface area contributed by atoms with E-state index in [9.17, 15) is 14.4 Å². The van der Waals surface area contributed by atoms with Crippen LogP contribution >= 0.6 is 0 Å². The first kappa shape index (κ1) is 17.6. The first-order chi connectivity index (χ1) is 12.5. The Labute approximate surface area is 149 Å². The predicted octanol–water partition coefficient (Wildman–Crippen LogP) is -0.416. The Hall–Kier alpha value is -3.20. The Balaban J connectivity index is 1.87. The van der Waals surface area contributed by atoms with Crippen LogP contribution in [0.5, 0.6) is 0 Å². The minimum absolute atomic E-state index is 0.0687. The van der Waals surface area contributed by atoms with Gasteiger partial charge in [0.2, 0.25) is 5.91 Å². The van der Waals surface area contributed by atoms with Crippen molar-refractivity contribution in [1.82, 2.24) is 10.3 Å². The number of aliphatic hydroxyl groups is 1. The van der Waals surface area contributed by atoms with Crippen LogP contribution in [0.4, 0.5) is 5.69 Å². The molecule has 0 unspecified atom stereocenters. The van der Waals surface area contributed by atoms with E-state index in [2.05, 4.69) is 15.8 Å². The molecule has 0 aromatic heterocycles. The molecule has 1 aromatic rings. The number of β-amino-alcohol motifs (C(OH)–C–C–N with tert-alkyl or cyclic N) is 1. The van der Waals surface area contributed by atoms with Gasteiger partial charge in [-0.2, -0.15) is 5.10 Å². The van der Waals surface area contributed by atoms with E-state index in [0.29, 0.717) is 11.4 Å². The lowest BCUT2D eigenvalue weighted by Gasteiger charge is -2.15. The van der Waals surface area contributed by atoms with Gasteiger partial charge in [-0.3, -0.25) is 9.59 Å². The van der Waals surface area contributed by atoms with Crippen LogP contribution in [0.3, 0.4) is 0 Å².